The average molecular weight is 284 g/mol. The molecule has 2 saturated heterocycles. The number of rotatable bonds is 4. The topological polar surface area (TPSA) is 44.7 Å². The van der Waals surface area contributed by atoms with Crippen LogP contribution in [0.5, 0.6) is 0 Å². The highest BCUT2D eigenvalue weighted by atomic mass is 16.5. The summed E-state index contributed by atoms with van der Waals surface area (Å²) in [5.41, 5.74) is -0.0584. The molecule has 4 nitrogen and oxygen atoms in total. The maximum Gasteiger partial charge on any atom is 0.0644 e. The molecule has 0 aromatic carbocycles. The molecule has 0 aromatic rings. The summed E-state index contributed by atoms with van der Waals surface area (Å²) in [5, 5.41) is 13.7. The fraction of sp³-hybridized carbons (Fsp3) is 1.00. The Morgan fingerprint density at radius 1 is 1.20 bits per heavy atom. The highest BCUT2D eigenvalue weighted by Gasteiger charge is 2.39. The van der Waals surface area contributed by atoms with Crippen LogP contribution in [0.15, 0.2) is 0 Å². The van der Waals surface area contributed by atoms with Gasteiger partial charge in [-0.25, -0.2) is 0 Å². The van der Waals surface area contributed by atoms with Crippen LogP contribution in [-0.4, -0.2) is 60.5 Å². The van der Waals surface area contributed by atoms with Crippen LogP contribution in [0.25, 0.3) is 0 Å². The van der Waals surface area contributed by atoms with Gasteiger partial charge in [-0.2, -0.15) is 0 Å². The van der Waals surface area contributed by atoms with Gasteiger partial charge in [0.15, 0.2) is 0 Å². The van der Waals surface area contributed by atoms with E-state index in [0.717, 1.165) is 58.7 Å². The van der Waals surface area contributed by atoms with Crippen molar-refractivity contribution >= 4 is 0 Å². The number of nitrogens with zero attached hydrogens (tertiary/aromatic N) is 1. The van der Waals surface area contributed by atoms with Gasteiger partial charge in [-0.05, 0) is 47.0 Å². The summed E-state index contributed by atoms with van der Waals surface area (Å²) in [6.07, 6.45) is 2.91. The van der Waals surface area contributed by atoms with E-state index in [9.17, 15) is 5.11 Å². The fourth-order valence-electron chi connectivity index (χ4n) is 3.09. The molecular weight excluding hydrogens is 252 g/mol. The first-order valence-corrected chi connectivity index (χ1v) is 7.97. The first-order chi connectivity index (χ1) is 9.20. The predicted molar refractivity (Wildman–Crippen MR) is 81.9 cm³/mol. The van der Waals surface area contributed by atoms with E-state index in [4.69, 9.17) is 4.74 Å². The van der Waals surface area contributed by atoms with Crippen molar-refractivity contribution in [1.82, 2.24) is 10.2 Å². The first kappa shape index (κ1) is 16.2. The fourth-order valence-corrected chi connectivity index (χ4v) is 3.09. The predicted octanol–water partition coefficient (Wildman–Crippen LogP) is 1.63. The Bertz CT molecular complexity index is 307. The second kappa shape index (κ2) is 5.91. The summed E-state index contributed by atoms with van der Waals surface area (Å²) in [7, 11) is 0. The quantitative estimate of drug-likeness (QED) is 0.823. The van der Waals surface area contributed by atoms with Gasteiger partial charge in [0, 0.05) is 43.7 Å². The Morgan fingerprint density at radius 2 is 1.85 bits per heavy atom. The molecule has 0 saturated carbocycles. The molecule has 1 unspecified atom stereocenters. The molecule has 2 rings (SSSR count). The summed E-state index contributed by atoms with van der Waals surface area (Å²) in [6, 6.07) is 0. The first-order valence-electron chi connectivity index (χ1n) is 7.97. The van der Waals surface area contributed by atoms with E-state index in [1.807, 2.05) is 6.92 Å². The van der Waals surface area contributed by atoms with Crippen molar-refractivity contribution in [2.75, 3.05) is 39.4 Å². The molecule has 0 aromatic heterocycles. The molecular formula is C16H32N2O2. The molecule has 0 aliphatic carbocycles. The molecule has 1 atom stereocenters. The lowest BCUT2D eigenvalue weighted by atomic mass is 9.84. The number of aliphatic hydroxyl groups is 1. The van der Waals surface area contributed by atoms with Crippen molar-refractivity contribution < 1.29 is 9.84 Å². The van der Waals surface area contributed by atoms with Gasteiger partial charge in [-0.3, -0.25) is 0 Å². The average Bonchev–Trinajstić information content (AvgIpc) is 2.78. The number of piperidine rings is 1. The third-order valence-corrected chi connectivity index (χ3v) is 4.67. The normalized spacial score (nSPS) is 31.6. The van der Waals surface area contributed by atoms with Gasteiger partial charge in [0.25, 0.3) is 0 Å². The zero-order chi connectivity index (χ0) is 14.9. The Balaban J connectivity index is 1.89. The number of ether oxygens (including phenoxy) is 1. The van der Waals surface area contributed by atoms with Gasteiger partial charge in [0.2, 0.25) is 0 Å². The third-order valence-electron chi connectivity index (χ3n) is 4.67. The van der Waals surface area contributed by atoms with E-state index in [0.29, 0.717) is 0 Å². The lowest BCUT2D eigenvalue weighted by Crippen LogP contribution is -2.52. The molecule has 2 heterocycles. The molecule has 2 fully saturated rings. The zero-order valence-corrected chi connectivity index (χ0v) is 13.7. The number of hydrogen-bond donors (Lipinski definition) is 2. The van der Waals surface area contributed by atoms with Gasteiger partial charge in [-0.1, -0.05) is 0 Å². The molecule has 0 radical (unpaired) electrons. The number of hydrogen-bond acceptors (Lipinski definition) is 4. The zero-order valence-electron chi connectivity index (χ0n) is 13.7. The highest BCUT2D eigenvalue weighted by molar-refractivity contribution is 4.92. The van der Waals surface area contributed by atoms with Crippen LogP contribution in [0, 0.1) is 5.41 Å². The Kier molecular flexibility index (Phi) is 4.80. The summed E-state index contributed by atoms with van der Waals surface area (Å²) in [6.45, 7) is 14.5. The van der Waals surface area contributed by atoms with Crippen molar-refractivity contribution in [3.05, 3.63) is 0 Å². The van der Waals surface area contributed by atoms with Crippen LogP contribution in [0.4, 0.5) is 0 Å². The lowest BCUT2D eigenvalue weighted by molar-refractivity contribution is -0.0173. The SMILES string of the molecule is CC1(O)CCN(CC2(CNC(C)(C)C)CCOC2)CC1. The van der Waals surface area contributed by atoms with Crippen molar-refractivity contribution in [2.45, 2.75) is 58.1 Å². The maximum absolute atomic E-state index is 10.1. The van der Waals surface area contributed by atoms with Gasteiger partial charge >= 0.3 is 0 Å². The molecule has 20 heavy (non-hydrogen) atoms. The van der Waals surface area contributed by atoms with Gasteiger partial charge < -0.3 is 20.1 Å². The molecule has 0 spiro atoms. The van der Waals surface area contributed by atoms with E-state index in [-0.39, 0.29) is 11.0 Å². The minimum atomic E-state index is -0.459. The smallest absolute Gasteiger partial charge is 0.0644 e. The van der Waals surface area contributed by atoms with Crippen LogP contribution >= 0.6 is 0 Å². The van der Waals surface area contributed by atoms with Gasteiger partial charge in [-0.15, -0.1) is 0 Å². The van der Waals surface area contributed by atoms with Crippen molar-refractivity contribution in [1.29, 1.82) is 0 Å². The van der Waals surface area contributed by atoms with Gasteiger partial charge in [0.05, 0.1) is 12.2 Å². The summed E-state index contributed by atoms with van der Waals surface area (Å²) in [4.78, 5) is 2.51. The standard InChI is InChI=1S/C16H32N2O2/c1-14(2,3)17-11-16(7-10-20-13-16)12-18-8-5-15(4,19)6-9-18/h17,19H,5-13H2,1-4H3. The van der Waals surface area contributed by atoms with Crippen LogP contribution in [0.2, 0.25) is 0 Å². The van der Waals surface area contributed by atoms with Crippen molar-refractivity contribution in [3.8, 4) is 0 Å². The molecule has 0 amide bonds. The van der Waals surface area contributed by atoms with E-state index >= 15 is 0 Å². The Morgan fingerprint density at radius 3 is 2.35 bits per heavy atom. The summed E-state index contributed by atoms with van der Waals surface area (Å²) >= 11 is 0. The maximum atomic E-state index is 10.1. The van der Waals surface area contributed by atoms with Crippen LogP contribution in [-0.2, 0) is 4.74 Å². The van der Waals surface area contributed by atoms with Gasteiger partial charge in [0.1, 0.15) is 0 Å². The second-order valence-electron chi connectivity index (χ2n) is 8.18. The minimum absolute atomic E-state index is 0.154. The minimum Gasteiger partial charge on any atom is -0.390 e. The highest BCUT2D eigenvalue weighted by Crippen LogP contribution is 2.32. The monoisotopic (exact) mass is 284 g/mol. The third kappa shape index (κ3) is 4.69. The second-order valence-corrected chi connectivity index (χ2v) is 8.18. The Labute approximate surface area is 123 Å². The van der Waals surface area contributed by atoms with Crippen LogP contribution in [0.1, 0.15) is 47.0 Å². The van der Waals surface area contributed by atoms with Crippen molar-refractivity contribution in [3.63, 3.8) is 0 Å². The summed E-state index contributed by atoms with van der Waals surface area (Å²) in [5.74, 6) is 0. The number of likely N-dealkylation sites (tertiary alicyclic amines) is 1. The van der Waals surface area contributed by atoms with E-state index in [2.05, 4.69) is 31.0 Å². The molecule has 118 valence electrons. The molecule has 4 heteroatoms. The molecule has 2 aliphatic rings. The van der Waals surface area contributed by atoms with E-state index in [1.54, 1.807) is 0 Å². The Hall–Kier alpha value is -0.160. The van der Waals surface area contributed by atoms with Crippen LogP contribution < -0.4 is 5.32 Å². The van der Waals surface area contributed by atoms with E-state index in [1.165, 1.54) is 0 Å². The lowest BCUT2D eigenvalue weighted by Gasteiger charge is -2.41. The largest absolute Gasteiger partial charge is 0.390 e. The molecule has 2 N–H and O–H groups in total. The molecule has 2 aliphatic heterocycles. The number of nitrogens with one attached hydrogen (secondary N) is 1. The van der Waals surface area contributed by atoms with Crippen LogP contribution in [0.3, 0.4) is 0 Å². The van der Waals surface area contributed by atoms with E-state index < -0.39 is 5.60 Å². The molecule has 0 bridgehead atoms. The summed E-state index contributed by atoms with van der Waals surface area (Å²) < 4.78 is 5.69. The van der Waals surface area contributed by atoms with Crippen molar-refractivity contribution in [2.24, 2.45) is 5.41 Å².